The minimum absolute atomic E-state index is 0.00323. The van der Waals surface area contributed by atoms with Crippen LogP contribution in [0.1, 0.15) is 38.0 Å². The van der Waals surface area contributed by atoms with E-state index < -0.39 is 29.6 Å². The molecule has 2 N–H and O–H groups in total. The van der Waals surface area contributed by atoms with Crippen LogP contribution >= 0.6 is 11.6 Å². The first kappa shape index (κ1) is 29.4. The monoisotopic (exact) mass is 627 g/mol. The molecule has 14 heteroatoms. The van der Waals surface area contributed by atoms with Crippen molar-refractivity contribution in [3.8, 4) is 22.8 Å². The number of rotatable bonds is 7. The summed E-state index contributed by atoms with van der Waals surface area (Å²) in [7, 11) is 1.47. The lowest BCUT2D eigenvalue weighted by atomic mass is 9.86. The maximum atomic E-state index is 14.7. The summed E-state index contributed by atoms with van der Waals surface area (Å²) in [5.41, 5.74) is 3.16. The highest BCUT2D eigenvalue weighted by atomic mass is 35.5. The second kappa shape index (κ2) is 12.1. The van der Waals surface area contributed by atoms with Crippen molar-refractivity contribution in [1.82, 2.24) is 29.9 Å². The van der Waals surface area contributed by atoms with Crippen LogP contribution in [0.3, 0.4) is 0 Å². The zero-order valence-corrected chi connectivity index (χ0v) is 24.3. The van der Waals surface area contributed by atoms with Crippen molar-refractivity contribution >= 4 is 35.1 Å². The summed E-state index contributed by atoms with van der Waals surface area (Å²) >= 11 is 5.92. The van der Waals surface area contributed by atoms with Gasteiger partial charge in [-0.05, 0) is 59.5 Å². The van der Waals surface area contributed by atoms with Crippen LogP contribution in [0.5, 0.6) is 6.01 Å². The lowest BCUT2D eigenvalue weighted by Crippen LogP contribution is -2.45. The minimum Gasteiger partial charge on any atom is -0.478 e. The molecule has 2 aromatic heterocycles. The van der Waals surface area contributed by atoms with Gasteiger partial charge in [0.25, 0.3) is 11.8 Å². The molecule has 0 aliphatic carbocycles. The highest BCUT2D eigenvalue weighted by Gasteiger charge is 2.38. The first-order chi connectivity index (χ1) is 21.7. The number of benzene rings is 3. The molecule has 1 atom stereocenters. The van der Waals surface area contributed by atoms with Crippen molar-refractivity contribution in [3.63, 3.8) is 0 Å². The third-order valence-corrected chi connectivity index (χ3v) is 7.63. The molecule has 0 spiro atoms. The number of hydrogen-bond acceptors (Lipinski definition) is 8. The van der Waals surface area contributed by atoms with Gasteiger partial charge in [0.2, 0.25) is 0 Å². The van der Waals surface area contributed by atoms with E-state index in [-0.39, 0.29) is 34.5 Å². The van der Waals surface area contributed by atoms with Gasteiger partial charge < -0.3 is 20.1 Å². The maximum Gasteiger partial charge on any atom is 0.335 e. The van der Waals surface area contributed by atoms with Gasteiger partial charge >= 0.3 is 12.0 Å². The molecule has 1 aliphatic heterocycles. The Kier molecular flexibility index (Phi) is 7.92. The van der Waals surface area contributed by atoms with E-state index in [1.807, 2.05) is 6.07 Å². The minimum atomic E-state index is -1.12. The molecule has 0 radical (unpaired) electrons. The largest absolute Gasteiger partial charge is 0.478 e. The van der Waals surface area contributed by atoms with Crippen molar-refractivity contribution < 1.29 is 28.6 Å². The smallest absolute Gasteiger partial charge is 0.335 e. The Morgan fingerprint density at radius 1 is 1.04 bits per heavy atom. The van der Waals surface area contributed by atoms with E-state index >= 15 is 0 Å². The number of nitrogens with one attached hydrogen (secondary N) is 1. The quantitative estimate of drug-likeness (QED) is 0.264. The molecule has 6 rings (SSSR count). The zero-order valence-electron chi connectivity index (χ0n) is 23.5. The topological polar surface area (TPSA) is 152 Å². The van der Waals surface area contributed by atoms with Gasteiger partial charge in [0.1, 0.15) is 11.7 Å². The highest BCUT2D eigenvalue weighted by Crippen LogP contribution is 2.37. The number of aromatic carboxylic acids is 1. The van der Waals surface area contributed by atoms with Gasteiger partial charge in [-0.1, -0.05) is 41.1 Å². The zero-order chi connectivity index (χ0) is 31.7. The Balaban J connectivity index is 1.38. The molecule has 0 fully saturated rings. The van der Waals surface area contributed by atoms with E-state index in [0.717, 1.165) is 15.8 Å². The third-order valence-electron chi connectivity index (χ3n) is 7.34. The molecular formula is C31H23ClFN7O5. The number of aromatic nitrogens is 5. The molecule has 12 nitrogen and oxygen atoms in total. The van der Waals surface area contributed by atoms with E-state index in [1.165, 1.54) is 54.6 Å². The van der Waals surface area contributed by atoms with Crippen molar-refractivity contribution in [2.75, 3.05) is 19.0 Å². The SMILES string of the molecule is COc1ncc(-c2cccc3c2CCN(C(=O)c2cn(-c4cccc(Cl)c4F)nn2)C3C(=O)Nc2ccc(C(=O)O)cc2)cn1. The number of ether oxygens (including phenoxy) is 1. The molecule has 226 valence electrons. The fourth-order valence-corrected chi connectivity index (χ4v) is 5.37. The van der Waals surface area contributed by atoms with E-state index in [0.29, 0.717) is 23.2 Å². The third kappa shape index (κ3) is 5.68. The summed E-state index contributed by atoms with van der Waals surface area (Å²) in [6, 6.07) is 14.5. The van der Waals surface area contributed by atoms with E-state index in [1.54, 1.807) is 30.6 Å². The normalized spacial score (nSPS) is 14.0. The number of nitrogens with zero attached hydrogens (tertiary/aromatic N) is 6. The lowest BCUT2D eigenvalue weighted by molar-refractivity contribution is -0.121. The van der Waals surface area contributed by atoms with Crippen molar-refractivity contribution in [2.24, 2.45) is 0 Å². The predicted octanol–water partition coefficient (Wildman–Crippen LogP) is 4.60. The van der Waals surface area contributed by atoms with Gasteiger partial charge in [-0.2, -0.15) is 0 Å². The number of hydrogen-bond donors (Lipinski definition) is 2. The number of methoxy groups -OCH3 is 1. The second-order valence-corrected chi connectivity index (χ2v) is 10.4. The van der Waals surface area contributed by atoms with Gasteiger partial charge in [-0.15, -0.1) is 5.10 Å². The molecule has 0 saturated carbocycles. The predicted molar refractivity (Wildman–Crippen MR) is 160 cm³/mol. The molecule has 3 heterocycles. The number of halogens is 2. The summed E-state index contributed by atoms with van der Waals surface area (Å²) < 4.78 is 20.8. The van der Waals surface area contributed by atoms with E-state index in [4.69, 9.17) is 16.3 Å². The van der Waals surface area contributed by atoms with Crippen LogP contribution in [0.2, 0.25) is 5.02 Å². The van der Waals surface area contributed by atoms with Gasteiger partial charge in [0.05, 0.1) is 23.9 Å². The van der Waals surface area contributed by atoms with E-state index in [9.17, 15) is 23.9 Å². The summed E-state index contributed by atoms with van der Waals surface area (Å²) in [4.78, 5) is 49.0. The standard InChI is InChI=1S/C31H23ClFN7O5/c1-45-31-34-14-18(15-35-31)20-4-2-5-22-21(20)12-13-39(27(22)28(41)36-19-10-8-17(9-11-19)30(43)44)29(42)24-16-40(38-37-24)25-7-3-6-23(32)26(25)33/h2-11,14-16,27H,12-13H2,1H3,(H,36,41)(H,43,44). The van der Waals surface area contributed by atoms with Crippen LogP contribution in [0.4, 0.5) is 10.1 Å². The number of carbonyl (C=O) groups excluding carboxylic acids is 2. The molecule has 1 unspecified atom stereocenters. The first-order valence-electron chi connectivity index (χ1n) is 13.5. The molecular weight excluding hydrogens is 605 g/mol. The highest BCUT2D eigenvalue weighted by molar-refractivity contribution is 6.30. The Morgan fingerprint density at radius 3 is 2.49 bits per heavy atom. The van der Waals surface area contributed by atoms with E-state index in [2.05, 4.69) is 25.6 Å². The van der Waals surface area contributed by atoms with Gasteiger partial charge in [0.15, 0.2) is 11.5 Å². The summed E-state index contributed by atoms with van der Waals surface area (Å²) in [6.07, 6.45) is 4.89. The van der Waals surface area contributed by atoms with Crippen LogP contribution in [0.25, 0.3) is 16.8 Å². The summed E-state index contributed by atoms with van der Waals surface area (Å²) in [5, 5.41) is 19.8. The van der Waals surface area contributed by atoms with Crippen molar-refractivity contribution in [1.29, 1.82) is 0 Å². The molecule has 0 saturated heterocycles. The fourth-order valence-electron chi connectivity index (χ4n) is 5.20. The number of anilines is 1. The number of carbonyl (C=O) groups is 3. The lowest BCUT2D eigenvalue weighted by Gasteiger charge is -2.36. The Hall–Kier alpha value is -5.69. The Bertz CT molecular complexity index is 1930. The number of fused-ring (bicyclic) bond motifs is 1. The molecule has 45 heavy (non-hydrogen) atoms. The molecule has 5 aromatic rings. The second-order valence-electron chi connectivity index (χ2n) is 9.98. The Morgan fingerprint density at radius 2 is 1.78 bits per heavy atom. The molecule has 1 aliphatic rings. The average Bonchev–Trinajstić information content (AvgIpc) is 3.55. The average molecular weight is 628 g/mol. The van der Waals surface area contributed by atoms with Crippen LogP contribution < -0.4 is 10.1 Å². The fraction of sp³-hybridized carbons (Fsp3) is 0.129. The summed E-state index contributed by atoms with van der Waals surface area (Å²) in [5.74, 6) is -2.97. The van der Waals surface area contributed by atoms with Crippen molar-refractivity contribution in [3.05, 3.63) is 112 Å². The van der Waals surface area contributed by atoms with Crippen LogP contribution in [-0.2, 0) is 11.2 Å². The number of amides is 2. The Labute approximate surface area is 260 Å². The van der Waals surface area contributed by atoms with Gasteiger partial charge in [-0.3, -0.25) is 9.59 Å². The molecule has 2 amide bonds. The summed E-state index contributed by atoms with van der Waals surface area (Å²) in [6.45, 7) is 0.133. The number of carboxylic acids is 1. The van der Waals surface area contributed by atoms with Crippen LogP contribution in [-0.4, -0.2) is 66.4 Å². The first-order valence-corrected chi connectivity index (χ1v) is 13.9. The van der Waals surface area contributed by atoms with Crippen LogP contribution in [0, 0.1) is 5.82 Å². The number of carboxylic acid groups (broad SMARTS) is 1. The molecule has 0 bridgehead atoms. The van der Waals surface area contributed by atoms with Gasteiger partial charge in [-0.25, -0.2) is 23.8 Å². The van der Waals surface area contributed by atoms with Crippen LogP contribution in [0.15, 0.2) is 79.3 Å². The van der Waals surface area contributed by atoms with Crippen molar-refractivity contribution in [2.45, 2.75) is 12.5 Å². The molecule has 3 aromatic carbocycles. The van der Waals surface area contributed by atoms with Gasteiger partial charge in [0, 0.05) is 30.2 Å². The maximum absolute atomic E-state index is 14.7.